The molecule has 0 amide bonds. The van der Waals surface area contributed by atoms with Crippen LogP contribution >= 0.6 is 0 Å². The number of nitrogens with one attached hydrogen (secondary N) is 1. The van der Waals surface area contributed by atoms with Gasteiger partial charge in [-0.3, -0.25) is 0 Å². The van der Waals surface area contributed by atoms with Crippen LogP contribution in [0, 0.1) is 6.92 Å². The molecule has 1 rings (SSSR count). The summed E-state index contributed by atoms with van der Waals surface area (Å²) in [4.78, 5) is 5.13. The lowest BCUT2D eigenvalue weighted by molar-refractivity contribution is 0.0285. The van der Waals surface area contributed by atoms with Crippen molar-refractivity contribution in [3.63, 3.8) is 0 Å². The Balaban J connectivity index is 2.55. The van der Waals surface area contributed by atoms with Crippen molar-refractivity contribution in [2.24, 2.45) is 0 Å². The van der Waals surface area contributed by atoms with Crippen molar-refractivity contribution < 1.29 is 4.84 Å². The predicted octanol–water partition coefficient (Wildman–Crippen LogP) is 2.60. The monoisotopic (exact) mass is 179 g/mol. The van der Waals surface area contributed by atoms with Crippen LogP contribution in [-0.2, 0) is 4.84 Å². The molecule has 0 aliphatic carbocycles. The Morgan fingerprint density at radius 3 is 2.46 bits per heavy atom. The molecule has 72 valence electrons. The molecular formula is C11H17NO. The maximum absolute atomic E-state index is 5.13. The van der Waals surface area contributed by atoms with Crippen LogP contribution in [0.5, 0.6) is 0 Å². The highest BCUT2D eigenvalue weighted by atomic mass is 16.6. The lowest BCUT2D eigenvalue weighted by atomic mass is 10.1. The van der Waals surface area contributed by atoms with E-state index in [2.05, 4.69) is 43.6 Å². The van der Waals surface area contributed by atoms with Crippen molar-refractivity contribution in [1.29, 1.82) is 0 Å². The molecule has 0 saturated carbocycles. The molecule has 0 heterocycles. The SMILES string of the molecule is CCONC(C)c1ccc(C)cc1. The molecule has 0 spiro atoms. The molecule has 0 bridgehead atoms. The van der Waals surface area contributed by atoms with Gasteiger partial charge in [-0.1, -0.05) is 29.8 Å². The van der Waals surface area contributed by atoms with Gasteiger partial charge in [-0.05, 0) is 26.3 Å². The summed E-state index contributed by atoms with van der Waals surface area (Å²) in [5.74, 6) is 0. The van der Waals surface area contributed by atoms with Gasteiger partial charge in [0.2, 0.25) is 0 Å². The van der Waals surface area contributed by atoms with Crippen LogP contribution in [0.2, 0.25) is 0 Å². The first kappa shape index (κ1) is 10.2. The van der Waals surface area contributed by atoms with Crippen LogP contribution in [0.3, 0.4) is 0 Å². The molecule has 0 aliphatic heterocycles. The van der Waals surface area contributed by atoms with E-state index in [-0.39, 0.29) is 6.04 Å². The third-order valence-electron chi connectivity index (χ3n) is 1.98. The van der Waals surface area contributed by atoms with E-state index in [1.54, 1.807) is 0 Å². The Hall–Kier alpha value is -0.860. The highest BCUT2D eigenvalue weighted by Crippen LogP contribution is 2.12. The largest absolute Gasteiger partial charge is 0.302 e. The fourth-order valence-electron chi connectivity index (χ4n) is 1.13. The molecule has 13 heavy (non-hydrogen) atoms. The Morgan fingerprint density at radius 2 is 1.92 bits per heavy atom. The molecule has 1 aromatic rings. The van der Waals surface area contributed by atoms with E-state index >= 15 is 0 Å². The Labute approximate surface area is 79.9 Å². The van der Waals surface area contributed by atoms with E-state index in [0.717, 1.165) is 0 Å². The van der Waals surface area contributed by atoms with E-state index in [0.29, 0.717) is 6.61 Å². The van der Waals surface area contributed by atoms with Gasteiger partial charge in [-0.2, -0.15) is 5.48 Å². The van der Waals surface area contributed by atoms with Crippen molar-refractivity contribution in [2.75, 3.05) is 6.61 Å². The average molecular weight is 179 g/mol. The Morgan fingerprint density at radius 1 is 1.31 bits per heavy atom. The summed E-state index contributed by atoms with van der Waals surface area (Å²) in [7, 11) is 0. The summed E-state index contributed by atoms with van der Waals surface area (Å²) >= 11 is 0. The zero-order chi connectivity index (χ0) is 9.68. The third-order valence-corrected chi connectivity index (χ3v) is 1.98. The van der Waals surface area contributed by atoms with Gasteiger partial charge in [0.25, 0.3) is 0 Å². The maximum atomic E-state index is 5.13. The maximum Gasteiger partial charge on any atom is 0.0654 e. The Bertz CT molecular complexity index is 243. The van der Waals surface area contributed by atoms with Gasteiger partial charge in [0.15, 0.2) is 0 Å². The van der Waals surface area contributed by atoms with Gasteiger partial charge in [0.1, 0.15) is 0 Å². The van der Waals surface area contributed by atoms with Crippen molar-refractivity contribution >= 4 is 0 Å². The van der Waals surface area contributed by atoms with Crippen LogP contribution in [-0.4, -0.2) is 6.61 Å². The second-order valence-corrected chi connectivity index (χ2v) is 3.18. The molecule has 0 radical (unpaired) electrons. The molecule has 1 N–H and O–H groups in total. The predicted molar refractivity (Wildman–Crippen MR) is 54.4 cm³/mol. The van der Waals surface area contributed by atoms with Gasteiger partial charge >= 0.3 is 0 Å². The minimum absolute atomic E-state index is 0.251. The van der Waals surface area contributed by atoms with Crippen molar-refractivity contribution in [1.82, 2.24) is 5.48 Å². The van der Waals surface area contributed by atoms with E-state index in [4.69, 9.17) is 4.84 Å². The first-order valence-electron chi connectivity index (χ1n) is 4.68. The summed E-state index contributed by atoms with van der Waals surface area (Å²) < 4.78 is 0. The van der Waals surface area contributed by atoms with E-state index in [1.165, 1.54) is 11.1 Å². The van der Waals surface area contributed by atoms with Gasteiger partial charge < -0.3 is 4.84 Å². The molecule has 1 unspecified atom stereocenters. The van der Waals surface area contributed by atoms with Gasteiger partial charge in [-0.15, -0.1) is 0 Å². The minimum Gasteiger partial charge on any atom is -0.302 e. The third kappa shape index (κ3) is 3.17. The van der Waals surface area contributed by atoms with Gasteiger partial charge in [0, 0.05) is 0 Å². The lowest BCUT2D eigenvalue weighted by Crippen LogP contribution is -2.18. The second kappa shape index (κ2) is 5.00. The molecule has 1 aromatic carbocycles. The average Bonchev–Trinajstić information content (AvgIpc) is 2.15. The molecule has 0 aromatic heterocycles. The van der Waals surface area contributed by atoms with Crippen molar-refractivity contribution in [3.05, 3.63) is 35.4 Å². The van der Waals surface area contributed by atoms with Crippen LogP contribution in [0.4, 0.5) is 0 Å². The molecule has 0 saturated heterocycles. The number of hydrogen-bond donors (Lipinski definition) is 1. The summed E-state index contributed by atoms with van der Waals surface area (Å²) in [5.41, 5.74) is 5.50. The zero-order valence-corrected chi connectivity index (χ0v) is 8.50. The molecule has 2 nitrogen and oxygen atoms in total. The van der Waals surface area contributed by atoms with E-state index < -0.39 is 0 Å². The number of rotatable bonds is 4. The smallest absolute Gasteiger partial charge is 0.0654 e. The number of aryl methyl sites for hydroxylation is 1. The zero-order valence-electron chi connectivity index (χ0n) is 8.50. The summed E-state index contributed by atoms with van der Waals surface area (Å²) in [5, 5.41) is 0. The first-order chi connectivity index (χ1) is 6.24. The fraction of sp³-hybridized carbons (Fsp3) is 0.455. The molecular weight excluding hydrogens is 162 g/mol. The van der Waals surface area contributed by atoms with Crippen LogP contribution in [0.25, 0.3) is 0 Å². The first-order valence-corrected chi connectivity index (χ1v) is 4.68. The van der Waals surface area contributed by atoms with Gasteiger partial charge in [0.05, 0.1) is 12.6 Å². The highest BCUT2D eigenvalue weighted by Gasteiger charge is 2.02. The van der Waals surface area contributed by atoms with Crippen LogP contribution < -0.4 is 5.48 Å². The van der Waals surface area contributed by atoms with Crippen molar-refractivity contribution in [3.8, 4) is 0 Å². The number of hydroxylamine groups is 1. The summed E-state index contributed by atoms with van der Waals surface area (Å²) in [6.45, 7) is 6.83. The second-order valence-electron chi connectivity index (χ2n) is 3.18. The normalized spacial score (nSPS) is 12.8. The Kier molecular flexibility index (Phi) is 3.93. The quantitative estimate of drug-likeness (QED) is 0.717. The topological polar surface area (TPSA) is 21.3 Å². The molecule has 1 atom stereocenters. The van der Waals surface area contributed by atoms with Crippen LogP contribution in [0.15, 0.2) is 24.3 Å². The number of hydrogen-bond acceptors (Lipinski definition) is 2. The summed E-state index contributed by atoms with van der Waals surface area (Å²) in [6, 6.07) is 8.71. The highest BCUT2D eigenvalue weighted by molar-refractivity contribution is 5.23. The molecule has 0 aliphatic rings. The standard InChI is InChI=1S/C11H17NO/c1-4-13-12-10(3)11-7-5-9(2)6-8-11/h5-8,10,12H,4H2,1-3H3. The van der Waals surface area contributed by atoms with Crippen LogP contribution in [0.1, 0.15) is 31.0 Å². The molecule has 0 fully saturated rings. The number of benzene rings is 1. The van der Waals surface area contributed by atoms with Crippen molar-refractivity contribution in [2.45, 2.75) is 26.8 Å². The van der Waals surface area contributed by atoms with E-state index in [9.17, 15) is 0 Å². The summed E-state index contributed by atoms with van der Waals surface area (Å²) in [6.07, 6.45) is 0. The lowest BCUT2D eigenvalue weighted by Gasteiger charge is -2.13. The fourth-order valence-corrected chi connectivity index (χ4v) is 1.13. The van der Waals surface area contributed by atoms with E-state index in [1.807, 2.05) is 6.92 Å². The van der Waals surface area contributed by atoms with Gasteiger partial charge in [-0.25, -0.2) is 0 Å². The molecule has 2 heteroatoms. The minimum atomic E-state index is 0.251.